The SMILES string of the molecule is C=O.C=O.C=O.CC(C)C1=[C-]CC=C1O.[Mn]. The topological polar surface area (TPSA) is 71.4 Å². The normalized spacial score (nSPS) is 10.9. The summed E-state index contributed by atoms with van der Waals surface area (Å²) in [5.74, 6) is 0.828. The molecule has 93 valence electrons. The summed E-state index contributed by atoms with van der Waals surface area (Å²) in [6.07, 6.45) is 5.64. The summed E-state index contributed by atoms with van der Waals surface area (Å²) < 4.78 is 0. The van der Waals surface area contributed by atoms with E-state index in [0.29, 0.717) is 11.7 Å². The summed E-state index contributed by atoms with van der Waals surface area (Å²) in [7, 11) is 0. The third-order valence-corrected chi connectivity index (χ3v) is 1.44. The van der Waals surface area contributed by atoms with Crippen molar-refractivity contribution in [1.82, 2.24) is 0 Å². The maximum atomic E-state index is 9.12. The van der Waals surface area contributed by atoms with Gasteiger partial charge < -0.3 is 19.5 Å². The van der Waals surface area contributed by atoms with E-state index in [0.717, 1.165) is 12.0 Å². The summed E-state index contributed by atoms with van der Waals surface area (Å²) in [5.41, 5.74) is 0.968. The third-order valence-electron chi connectivity index (χ3n) is 1.44. The van der Waals surface area contributed by atoms with Crippen LogP contribution in [0.25, 0.3) is 0 Å². The third kappa shape index (κ3) is 10.9. The van der Waals surface area contributed by atoms with Crippen molar-refractivity contribution >= 4 is 20.4 Å². The van der Waals surface area contributed by atoms with Crippen molar-refractivity contribution < 1.29 is 36.6 Å². The van der Waals surface area contributed by atoms with Crippen LogP contribution in [0.1, 0.15) is 20.3 Å². The molecule has 1 aliphatic rings. The van der Waals surface area contributed by atoms with Crippen LogP contribution >= 0.6 is 0 Å². The minimum atomic E-state index is 0. The Kier molecular flexibility index (Phi) is 29.3. The molecule has 0 saturated heterocycles. The summed E-state index contributed by atoms with van der Waals surface area (Å²) in [6.45, 7) is 10.1. The second-order valence-electron chi connectivity index (χ2n) is 2.54. The van der Waals surface area contributed by atoms with Crippen molar-refractivity contribution in [2.24, 2.45) is 5.92 Å². The van der Waals surface area contributed by atoms with Gasteiger partial charge in [-0.3, -0.25) is 6.08 Å². The van der Waals surface area contributed by atoms with Crippen LogP contribution in [0.3, 0.4) is 0 Å². The van der Waals surface area contributed by atoms with Gasteiger partial charge in [0.1, 0.15) is 20.4 Å². The number of hydrogen-bond acceptors (Lipinski definition) is 4. The Morgan fingerprint density at radius 2 is 1.56 bits per heavy atom. The van der Waals surface area contributed by atoms with Gasteiger partial charge in [-0.25, -0.2) is 0 Å². The van der Waals surface area contributed by atoms with Gasteiger partial charge in [-0.05, 0) is 5.76 Å². The fourth-order valence-corrected chi connectivity index (χ4v) is 0.958. The molecule has 0 heterocycles. The zero-order valence-electron chi connectivity index (χ0n) is 9.53. The molecule has 5 heteroatoms. The fraction of sp³-hybridized carbons (Fsp3) is 0.364. The molecule has 16 heavy (non-hydrogen) atoms. The number of carbonyl (C=O) groups excluding carboxylic acids is 3. The maximum absolute atomic E-state index is 9.12. The first-order valence-corrected chi connectivity index (χ1v) is 4.08. The van der Waals surface area contributed by atoms with Crippen LogP contribution in [0.15, 0.2) is 17.4 Å². The molecule has 0 saturated carbocycles. The fourth-order valence-electron chi connectivity index (χ4n) is 0.958. The van der Waals surface area contributed by atoms with E-state index in [1.54, 1.807) is 6.08 Å². The molecule has 1 N–H and O–H groups in total. The Balaban J connectivity index is -0.0000000900. The molecule has 1 rings (SSSR count). The van der Waals surface area contributed by atoms with Gasteiger partial charge in [-0.2, -0.15) is 5.57 Å². The van der Waals surface area contributed by atoms with Crippen molar-refractivity contribution in [3.8, 4) is 0 Å². The molecule has 0 aliphatic heterocycles. The van der Waals surface area contributed by atoms with Gasteiger partial charge in [0, 0.05) is 17.1 Å². The van der Waals surface area contributed by atoms with Crippen molar-refractivity contribution in [2.75, 3.05) is 0 Å². The molecule has 0 bridgehead atoms. The van der Waals surface area contributed by atoms with Crippen LogP contribution in [0.4, 0.5) is 0 Å². The van der Waals surface area contributed by atoms with Crippen molar-refractivity contribution in [2.45, 2.75) is 20.3 Å². The molecule has 0 fully saturated rings. The molecule has 0 atom stereocenters. The average Bonchev–Trinajstić information content (AvgIpc) is 2.73. The summed E-state index contributed by atoms with van der Waals surface area (Å²) in [6, 6.07) is 0. The van der Waals surface area contributed by atoms with E-state index < -0.39 is 0 Å². The van der Waals surface area contributed by atoms with E-state index in [1.165, 1.54) is 0 Å². The number of aliphatic hydroxyl groups excluding tert-OH is 1. The van der Waals surface area contributed by atoms with E-state index in [4.69, 9.17) is 19.5 Å². The van der Waals surface area contributed by atoms with Gasteiger partial charge in [0.2, 0.25) is 0 Å². The zero-order valence-corrected chi connectivity index (χ0v) is 10.7. The number of allylic oxidation sites excluding steroid dienone is 3. The first-order chi connectivity index (χ1) is 7.22. The Labute approximate surface area is 107 Å². The van der Waals surface area contributed by atoms with Gasteiger partial charge in [-0.15, -0.1) is 12.5 Å². The molecular weight excluding hydrogens is 251 g/mol. The van der Waals surface area contributed by atoms with Crippen LogP contribution in [0.5, 0.6) is 0 Å². The van der Waals surface area contributed by atoms with Crippen LogP contribution < -0.4 is 0 Å². The van der Waals surface area contributed by atoms with Crippen LogP contribution in [-0.4, -0.2) is 25.5 Å². The monoisotopic (exact) mass is 268 g/mol. The zero-order chi connectivity index (χ0) is 12.9. The predicted molar refractivity (Wildman–Crippen MR) is 58.3 cm³/mol. The van der Waals surface area contributed by atoms with E-state index >= 15 is 0 Å². The van der Waals surface area contributed by atoms with E-state index in [1.807, 2.05) is 20.4 Å². The maximum Gasteiger partial charge on any atom is 0.106 e. The standard InChI is InChI=1S/C8H11O.3CH2O.Mn/c1-6(2)7-4-3-5-8(7)9;3*1-2;/h5-6,9H,3H2,1-2H3;3*1H2;/q-1;;;;. The second kappa shape index (κ2) is 19.4. The van der Waals surface area contributed by atoms with Crippen LogP contribution in [0, 0.1) is 12.0 Å². The second-order valence-corrected chi connectivity index (χ2v) is 2.54. The summed E-state index contributed by atoms with van der Waals surface area (Å²) in [5, 5.41) is 9.12. The number of hydrogen-bond donors (Lipinski definition) is 1. The van der Waals surface area contributed by atoms with Gasteiger partial charge in [0.05, 0.1) is 0 Å². The summed E-state index contributed by atoms with van der Waals surface area (Å²) >= 11 is 0. The molecular formula is C11H17MnO4-. The smallest absolute Gasteiger partial charge is 0.106 e. The minimum Gasteiger partial charge on any atom is -0.593 e. The molecule has 0 spiro atoms. The molecule has 0 aromatic rings. The first kappa shape index (κ1) is 24.2. The first-order valence-electron chi connectivity index (χ1n) is 4.08. The average molecular weight is 268 g/mol. The molecule has 0 aromatic heterocycles. The molecule has 4 nitrogen and oxygen atoms in total. The van der Waals surface area contributed by atoms with E-state index in [-0.39, 0.29) is 17.1 Å². The molecule has 0 unspecified atom stereocenters. The predicted octanol–water partition coefficient (Wildman–Crippen LogP) is 1.66. The number of carbonyl (C=O) groups is 3. The molecule has 0 aromatic carbocycles. The Morgan fingerprint density at radius 3 is 1.69 bits per heavy atom. The largest absolute Gasteiger partial charge is 0.593 e. The number of rotatable bonds is 1. The van der Waals surface area contributed by atoms with Crippen LogP contribution in [0.2, 0.25) is 0 Å². The van der Waals surface area contributed by atoms with Crippen LogP contribution in [-0.2, 0) is 31.5 Å². The number of aliphatic hydroxyl groups is 1. The van der Waals surface area contributed by atoms with Gasteiger partial charge in [-0.1, -0.05) is 19.8 Å². The van der Waals surface area contributed by atoms with Crippen molar-refractivity contribution in [3.05, 3.63) is 23.5 Å². The molecule has 1 aliphatic carbocycles. The molecule has 1 radical (unpaired) electrons. The van der Waals surface area contributed by atoms with Gasteiger partial charge in [0.15, 0.2) is 0 Å². The van der Waals surface area contributed by atoms with Gasteiger partial charge >= 0.3 is 0 Å². The Bertz CT molecular complexity index is 207. The summed E-state index contributed by atoms with van der Waals surface area (Å²) in [4.78, 5) is 24.0. The Hall–Kier alpha value is -1.19. The van der Waals surface area contributed by atoms with Gasteiger partial charge in [0.25, 0.3) is 0 Å². The van der Waals surface area contributed by atoms with E-state index in [9.17, 15) is 0 Å². The molecule has 0 amide bonds. The minimum absolute atomic E-state index is 0. The quantitative estimate of drug-likeness (QED) is 0.580. The van der Waals surface area contributed by atoms with Crippen molar-refractivity contribution in [3.63, 3.8) is 0 Å². The Morgan fingerprint density at radius 1 is 1.19 bits per heavy atom. The van der Waals surface area contributed by atoms with Crippen molar-refractivity contribution in [1.29, 1.82) is 0 Å². The van der Waals surface area contributed by atoms with E-state index in [2.05, 4.69) is 19.9 Å².